The second kappa shape index (κ2) is 7.40. The van der Waals surface area contributed by atoms with E-state index < -0.39 is 0 Å². The summed E-state index contributed by atoms with van der Waals surface area (Å²) in [6.45, 7) is 6.57. The van der Waals surface area contributed by atoms with Gasteiger partial charge in [-0.15, -0.1) is 0 Å². The Morgan fingerprint density at radius 1 is 1.24 bits per heavy atom. The third-order valence-electron chi connectivity index (χ3n) is 4.99. The lowest BCUT2D eigenvalue weighted by molar-refractivity contribution is -0.148. The van der Waals surface area contributed by atoms with Crippen LogP contribution in [-0.4, -0.2) is 49.2 Å². The van der Waals surface area contributed by atoms with E-state index in [4.69, 9.17) is 10.00 Å². The highest BCUT2D eigenvalue weighted by atomic mass is 19.1. The molecule has 5 nitrogen and oxygen atoms in total. The first-order valence-electron chi connectivity index (χ1n) is 8.86. The quantitative estimate of drug-likeness (QED) is 0.827. The highest BCUT2D eigenvalue weighted by Crippen LogP contribution is 2.28. The second-order valence-electron chi connectivity index (χ2n) is 7.04. The molecule has 1 amide bonds. The fourth-order valence-corrected chi connectivity index (χ4v) is 3.82. The number of rotatable bonds is 2. The molecule has 2 saturated heterocycles. The number of hydrogen-bond donors (Lipinski definition) is 0. The number of carbonyl (C=O) groups is 1. The zero-order valence-corrected chi connectivity index (χ0v) is 14.7. The van der Waals surface area contributed by atoms with Crippen molar-refractivity contribution >= 4 is 11.6 Å². The number of nitrogens with zero attached hydrogens (tertiary/aromatic N) is 3. The van der Waals surface area contributed by atoms with Crippen molar-refractivity contribution in [3.63, 3.8) is 0 Å². The van der Waals surface area contributed by atoms with Crippen molar-refractivity contribution in [2.45, 2.75) is 38.9 Å². The topological polar surface area (TPSA) is 56.6 Å². The van der Waals surface area contributed by atoms with Gasteiger partial charge in [0.15, 0.2) is 0 Å². The molecule has 25 heavy (non-hydrogen) atoms. The lowest BCUT2D eigenvalue weighted by atomic mass is 9.94. The third kappa shape index (κ3) is 3.93. The highest BCUT2D eigenvalue weighted by molar-refractivity contribution is 5.79. The van der Waals surface area contributed by atoms with E-state index in [1.54, 1.807) is 12.1 Å². The summed E-state index contributed by atoms with van der Waals surface area (Å²) < 4.78 is 19.9. The van der Waals surface area contributed by atoms with Crippen LogP contribution in [-0.2, 0) is 9.53 Å². The number of morpholine rings is 1. The van der Waals surface area contributed by atoms with Gasteiger partial charge >= 0.3 is 0 Å². The molecule has 0 radical (unpaired) electrons. The van der Waals surface area contributed by atoms with Gasteiger partial charge in [-0.1, -0.05) is 0 Å². The van der Waals surface area contributed by atoms with Gasteiger partial charge in [-0.05, 0) is 44.9 Å². The number of piperidine rings is 1. The van der Waals surface area contributed by atoms with Crippen LogP contribution < -0.4 is 4.90 Å². The maximum atomic E-state index is 14.2. The van der Waals surface area contributed by atoms with Gasteiger partial charge in [-0.25, -0.2) is 4.39 Å². The first-order valence-corrected chi connectivity index (χ1v) is 8.86. The van der Waals surface area contributed by atoms with Crippen molar-refractivity contribution in [2.75, 3.05) is 31.1 Å². The van der Waals surface area contributed by atoms with E-state index in [0.717, 1.165) is 12.8 Å². The van der Waals surface area contributed by atoms with Crippen LogP contribution in [0.5, 0.6) is 0 Å². The first kappa shape index (κ1) is 17.7. The van der Waals surface area contributed by atoms with Crippen molar-refractivity contribution in [1.29, 1.82) is 5.26 Å². The molecule has 3 rings (SSSR count). The lowest BCUT2D eigenvalue weighted by Crippen LogP contribution is -2.51. The minimum Gasteiger partial charge on any atom is -0.372 e. The van der Waals surface area contributed by atoms with Crippen molar-refractivity contribution < 1.29 is 13.9 Å². The molecule has 2 aliphatic heterocycles. The summed E-state index contributed by atoms with van der Waals surface area (Å²) in [6.07, 6.45) is 1.58. The molecule has 1 aromatic rings. The molecular weight excluding hydrogens is 321 g/mol. The van der Waals surface area contributed by atoms with E-state index in [2.05, 4.69) is 0 Å². The Bertz CT molecular complexity index is 670. The van der Waals surface area contributed by atoms with Gasteiger partial charge in [0.25, 0.3) is 0 Å². The smallest absolute Gasteiger partial charge is 0.225 e. The maximum absolute atomic E-state index is 14.2. The van der Waals surface area contributed by atoms with Crippen LogP contribution in [0.4, 0.5) is 10.1 Å². The lowest BCUT2D eigenvalue weighted by Gasteiger charge is -2.39. The molecule has 2 aliphatic rings. The summed E-state index contributed by atoms with van der Waals surface area (Å²) in [5, 5.41) is 8.84. The molecule has 2 fully saturated rings. The monoisotopic (exact) mass is 345 g/mol. The van der Waals surface area contributed by atoms with Crippen LogP contribution in [0, 0.1) is 23.1 Å². The molecule has 1 aromatic carbocycles. The van der Waals surface area contributed by atoms with Crippen LogP contribution in [0.2, 0.25) is 0 Å². The summed E-state index contributed by atoms with van der Waals surface area (Å²) in [6, 6.07) is 6.50. The molecule has 0 unspecified atom stereocenters. The Morgan fingerprint density at radius 3 is 2.44 bits per heavy atom. The van der Waals surface area contributed by atoms with Crippen LogP contribution in [0.1, 0.15) is 32.3 Å². The van der Waals surface area contributed by atoms with Crippen molar-refractivity contribution in [3.05, 3.63) is 29.6 Å². The van der Waals surface area contributed by atoms with E-state index >= 15 is 0 Å². The standard InChI is InChI=1S/C19H24FN3O2/c1-13-11-23(12-14(2)25-13)19(24)16-5-7-22(8-6-16)18-4-3-15(10-21)9-17(18)20/h3-4,9,13-14,16H,5-8,11-12H2,1-2H3/t13-,14-/m0/s1. The van der Waals surface area contributed by atoms with Crippen LogP contribution >= 0.6 is 0 Å². The minimum absolute atomic E-state index is 0.00445. The van der Waals surface area contributed by atoms with Gasteiger partial charge in [0.05, 0.1) is 29.5 Å². The van der Waals surface area contributed by atoms with Crippen molar-refractivity contribution in [3.8, 4) is 6.07 Å². The normalized spacial score (nSPS) is 24.9. The molecule has 0 bridgehead atoms. The molecular formula is C19H24FN3O2. The number of anilines is 1. The molecule has 2 atom stereocenters. The fourth-order valence-electron chi connectivity index (χ4n) is 3.82. The number of amides is 1. The Hall–Kier alpha value is -2.13. The van der Waals surface area contributed by atoms with Gasteiger partial charge in [0.1, 0.15) is 5.82 Å². The Labute approximate surface area is 148 Å². The molecule has 0 spiro atoms. The Kier molecular flexibility index (Phi) is 5.24. The summed E-state index contributed by atoms with van der Waals surface area (Å²) in [5.74, 6) is -0.184. The molecule has 134 valence electrons. The number of nitriles is 1. The Balaban J connectivity index is 1.60. The summed E-state index contributed by atoms with van der Waals surface area (Å²) in [7, 11) is 0. The molecule has 0 aliphatic carbocycles. The fraction of sp³-hybridized carbons (Fsp3) is 0.579. The number of hydrogen-bond acceptors (Lipinski definition) is 4. The Morgan fingerprint density at radius 2 is 1.88 bits per heavy atom. The minimum atomic E-state index is -0.375. The van der Waals surface area contributed by atoms with E-state index in [0.29, 0.717) is 37.4 Å². The van der Waals surface area contributed by atoms with Gasteiger partial charge in [0, 0.05) is 32.1 Å². The van der Waals surface area contributed by atoms with Gasteiger partial charge in [-0.2, -0.15) is 5.26 Å². The number of halogens is 1. The van der Waals surface area contributed by atoms with E-state index in [9.17, 15) is 9.18 Å². The van der Waals surface area contributed by atoms with Gasteiger partial charge in [0.2, 0.25) is 5.91 Å². The van der Waals surface area contributed by atoms with Crippen molar-refractivity contribution in [1.82, 2.24) is 4.90 Å². The average molecular weight is 345 g/mol. The van der Waals surface area contributed by atoms with Crippen LogP contribution in [0.15, 0.2) is 18.2 Å². The molecule has 2 heterocycles. The van der Waals surface area contributed by atoms with Crippen LogP contribution in [0.3, 0.4) is 0 Å². The van der Waals surface area contributed by atoms with E-state index in [1.807, 2.05) is 29.7 Å². The zero-order valence-electron chi connectivity index (χ0n) is 14.7. The summed E-state index contributed by atoms with van der Waals surface area (Å²) in [4.78, 5) is 16.7. The van der Waals surface area contributed by atoms with Crippen molar-refractivity contribution in [2.24, 2.45) is 5.92 Å². The number of carbonyl (C=O) groups excluding carboxylic acids is 1. The molecule has 6 heteroatoms. The average Bonchev–Trinajstić information content (AvgIpc) is 2.60. The van der Waals surface area contributed by atoms with E-state index in [-0.39, 0.29) is 29.9 Å². The highest BCUT2D eigenvalue weighted by Gasteiger charge is 2.33. The van der Waals surface area contributed by atoms with Gasteiger partial charge < -0.3 is 14.5 Å². The summed E-state index contributed by atoms with van der Waals surface area (Å²) >= 11 is 0. The van der Waals surface area contributed by atoms with Crippen LogP contribution in [0.25, 0.3) is 0 Å². The van der Waals surface area contributed by atoms with E-state index in [1.165, 1.54) is 6.07 Å². The zero-order chi connectivity index (χ0) is 18.0. The number of ether oxygens (including phenoxy) is 1. The molecule has 0 aromatic heterocycles. The number of benzene rings is 1. The first-order chi connectivity index (χ1) is 12.0. The third-order valence-corrected chi connectivity index (χ3v) is 4.99. The molecule has 0 N–H and O–H groups in total. The second-order valence-corrected chi connectivity index (χ2v) is 7.04. The SMILES string of the molecule is C[C@H]1CN(C(=O)C2CCN(c3ccc(C#N)cc3F)CC2)C[C@H](C)O1. The predicted octanol–water partition coefficient (Wildman–Crippen LogP) is 2.55. The van der Waals surface area contributed by atoms with Gasteiger partial charge in [-0.3, -0.25) is 4.79 Å². The predicted molar refractivity (Wildman–Crippen MR) is 92.6 cm³/mol. The largest absolute Gasteiger partial charge is 0.372 e. The summed E-state index contributed by atoms with van der Waals surface area (Å²) in [5.41, 5.74) is 0.834. The maximum Gasteiger partial charge on any atom is 0.225 e. The molecule has 0 saturated carbocycles.